The predicted molar refractivity (Wildman–Crippen MR) is 82.8 cm³/mol. The quantitative estimate of drug-likeness (QED) is 0.755. The molecule has 0 atom stereocenters. The van der Waals surface area contributed by atoms with E-state index in [0.717, 1.165) is 18.9 Å². The van der Waals surface area contributed by atoms with Crippen molar-refractivity contribution < 1.29 is 9.53 Å². The van der Waals surface area contributed by atoms with E-state index in [1.807, 2.05) is 12.1 Å². The number of carbonyl (C=O) groups is 1. The molecule has 1 aromatic rings. The summed E-state index contributed by atoms with van der Waals surface area (Å²) in [6.45, 7) is 0.716. The number of nitrogens with two attached hydrogens (primary N) is 1. The number of nitrogens with one attached hydrogen (secondary N) is 1. The van der Waals surface area contributed by atoms with Crippen molar-refractivity contribution in [3.05, 3.63) is 29.8 Å². The third-order valence-corrected chi connectivity index (χ3v) is 3.83. The normalized spacial score (nSPS) is 14.4. The average molecular weight is 292 g/mol. The summed E-state index contributed by atoms with van der Waals surface area (Å²) in [7, 11) is 0. The number of thiocarbonyl (C=S) groups is 1. The first-order chi connectivity index (χ1) is 9.66. The number of ether oxygens (including phenoxy) is 1. The van der Waals surface area contributed by atoms with Crippen molar-refractivity contribution in [3.63, 3.8) is 0 Å². The van der Waals surface area contributed by atoms with Crippen molar-refractivity contribution in [1.82, 2.24) is 5.32 Å². The van der Waals surface area contributed by atoms with Gasteiger partial charge in [0.15, 0.2) is 6.61 Å². The molecule has 1 aliphatic carbocycles. The van der Waals surface area contributed by atoms with Crippen LogP contribution in [0.3, 0.4) is 0 Å². The first-order valence-electron chi connectivity index (χ1n) is 6.95. The maximum atomic E-state index is 11.7. The summed E-state index contributed by atoms with van der Waals surface area (Å²) in [5.41, 5.74) is 6.26. The van der Waals surface area contributed by atoms with Crippen LogP contribution in [0.15, 0.2) is 24.3 Å². The number of hydrogen-bond donors (Lipinski definition) is 2. The topological polar surface area (TPSA) is 64.3 Å². The van der Waals surface area contributed by atoms with E-state index in [0.29, 0.717) is 11.3 Å². The van der Waals surface area contributed by atoms with Crippen LogP contribution in [0.25, 0.3) is 0 Å². The van der Waals surface area contributed by atoms with Crippen molar-refractivity contribution >= 4 is 23.1 Å². The van der Waals surface area contributed by atoms with Crippen LogP contribution in [0.5, 0.6) is 5.75 Å². The zero-order valence-electron chi connectivity index (χ0n) is 11.4. The molecule has 0 spiro atoms. The van der Waals surface area contributed by atoms with Gasteiger partial charge in [0, 0.05) is 6.54 Å². The number of carbonyl (C=O) groups excluding carboxylic acids is 1. The molecule has 5 heteroatoms. The van der Waals surface area contributed by atoms with Gasteiger partial charge >= 0.3 is 0 Å². The molecule has 1 saturated carbocycles. The second-order valence-corrected chi connectivity index (χ2v) is 5.52. The lowest BCUT2D eigenvalue weighted by molar-refractivity contribution is -0.123. The summed E-state index contributed by atoms with van der Waals surface area (Å²) < 4.78 is 5.48. The zero-order chi connectivity index (χ0) is 14.4. The van der Waals surface area contributed by atoms with Crippen LogP contribution >= 0.6 is 12.2 Å². The van der Waals surface area contributed by atoms with Crippen molar-refractivity contribution in [2.24, 2.45) is 11.7 Å². The minimum Gasteiger partial charge on any atom is -0.483 e. The Labute approximate surface area is 124 Å². The van der Waals surface area contributed by atoms with Crippen molar-refractivity contribution in [3.8, 4) is 5.75 Å². The van der Waals surface area contributed by atoms with Gasteiger partial charge in [-0.05, 0) is 24.5 Å². The van der Waals surface area contributed by atoms with Gasteiger partial charge in [0.1, 0.15) is 10.7 Å². The van der Waals surface area contributed by atoms with E-state index in [4.69, 9.17) is 22.7 Å². The Morgan fingerprint density at radius 2 is 2.15 bits per heavy atom. The largest absolute Gasteiger partial charge is 0.483 e. The molecular weight excluding hydrogens is 272 g/mol. The van der Waals surface area contributed by atoms with Gasteiger partial charge in [-0.1, -0.05) is 43.6 Å². The van der Waals surface area contributed by atoms with Gasteiger partial charge in [0.2, 0.25) is 0 Å². The van der Waals surface area contributed by atoms with Crippen LogP contribution in [0.2, 0.25) is 0 Å². The summed E-state index contributed by atoms with van der Waals surface area (Å²) in [4.78, 5) is 12.0. The fourth-order valence-corrected chi connectivity index (χ4v) is 2.36. The number of amides is 1. The molecule has 0 unspecified atom stereocenters. The monoisotopic (exact) mass is 292 g/mol. The molecule has 1 amide bonds. The van der Waals surface area contributed by atoms with Gasteiger partial charge < -0.3 is 15.8 Å². The molecule has 1 fully saturated rings. The van der Waals surface area contributed by atoms with Crippen molar-refractivity contribution in [2.45, 2.75) is 25.7 Å². The Balaban J connectivity index is 1.73. The Bertz CT molecular complexity index is 487. The van der Waals surface area contributed by atoms with Crippen LogP contribution in [-0.4, -0.2) is 24.0 Å². The Hall–Kier alpha value is -1.62. The maximum Gasteiger partial charge on any atom is 0.257 e. The average Bonchev–Trinajstić information content (AvgIpc) is 2.39. The highest BCUT2D eigenvalue weighted by atomic mass is 32.1. The molecule has 0 aromatic heterocycles. The van der Waals surface area contributed by atoms with Crippen LogP contribution in [0.4, 0.5) is 0 Å². The number of para-hydroxylation sites is 1. The highest BCUT2D eigenvalue weighted by Crippen LogP contribution is 2.28. The number of benzene rings is 1. The van der Waals surface area contributed by atoms with E-state index >= 15 is 0 Å². The summed E-state index contributed by atoms with van der Waals surface area (Å²) in [6.07, 6.45) is 4.99. The molecule has 0 heterocycles. The molecule has 2 rings (SSSR count). The third kappa shape index (κ3) is 4.20. The van der Waals surface area contributed by atoms with Crippen LogP contribution in [0, 0.1) is 5.92 Å². The first kappa shape index (κ1) is 14.8. The lowest BCUT2D eigenvalue weighted by Gasteiger charge is -2.25. The summed E-state index contributed by atoms with van der Waals surface area (Å²) in [5, 5.41) is 2.87. The smallest absolute Gasteiger partial charge is 0.257 e. The van der Waals surface area contributed by atoms with Gasteiger partial charge in [-0.2, -0.15) is 0 Å². The first-order valence-corrected chi connectivity index (χ1v) is 7.36. The molecule has 0 saturated heterocycles. The standard InChI is InChI=1S/C15H20N2O2S/c16-15(20)12-6-1-2-7-13(12)19-10-14(18)17-9-8-11-4-3-5-11/h1-2,6-7,11H,3-5,8-10H2,(H2,16,20)(H,17,18). The Kier molecular flexibility index (Phi) is 5.35. The van der Waals surface area contributed by atoms with E-state index in [1.165, 1.54) is 19.3 Å². The van der Waals surface area contributed by atoms with Gasteiger partial charge in [-0.25, -0.2) is 0 Å². The second-order valence-electron chi connectivity index (χ2n) is 5.08. The minimum atomic E-state index is -0.109. The molecule has 0 aliphatic heterocycles. The van der Waals surface area contributed by atoms with Crippen molar-refractivity contribution in [2.75, 3.05) is 13.2 Å². The summed E-state index contributed by atoms with van der Waals surface area (Å²) in [6, 6.07) is 7.20. The minimum absolute atomic E-state index is 0.00963. The maximum absolute atomic E-state index is 11.7. The molecule has 0 bridgehead atoms. The van der Waals surface area contributed by atoms with Crippen molar-refractivity contribution in [1.29, 1.82) is 0 Å². The van der Waals surface area contributed by atoms with Crippen LogP contribution in [0.1, 0.15) is 31.2 Å². The Morgan fingerprint density at radius 1 is 1.40 bits per heavy atom. The van der Waals surface area contributed by atoms with Crippen LogP contribution < -0.4 is 15.8 Å². The van der Waals surface area contributed by atoms with Gasteiger partial charge in [0.05, 0.1) is 5.56 Å². The lowest BCUT2D eigenvalue weighted by atomic mass is 9.83. The third-order valence-electron chi connectivity index (χ3n) is 3.61. The van der Waals surface area contributed by atoms with Gasteiger partial charge in [-0.15, -0.1) is 0 Å². The van der Waals surface area contributed by atoms with Gasteiger partial charge in [0.25, 0.3) is 5.91 Å². The molecular formula is C15H20N2O2S. The van der Waals surface area contributed by atoms with E-state index < -0.39 is 0 Å². The lowest BCUT2D eigenvalue weighted by Crippen LogP contribution is -2.31. The van der Waals surface area contributed by atoms with E-state index in [-0.39, 0.29) is 17.5 Å². The summed E-state index contributed by atoms with van der Waals surface area (Å²) >= 11 is 4.95. The van der Waals surface area contributed by atoms with E-state index in [9.17, 15) is 4.79 Å². The molecule has 20 heavy (non-hydrogen) atoms. The fraction of sp³-hybridized carbons (Fsp3) is 0.467. The van der Waals surface area contributed by atoms with E-state index in [2.05, 4.69) is 5.32 Å². The highest BCUT2D eigenvalue weighted by Gasteiger charge is 2.17. The highest BCUT2D eigenvalue weighted by molar-refractivity contribution is 7.80. The van der Waals surface area contributed by atoms with E-state index in [1.54, 1.807) is 12.1 Å². The molecule has 4 nitrogen and oxygen atoms in total. The summed E-state index contributed by atoms with van der Waals surface area (Å²) in [5.74, 6) is 1.24. The predicted octanol–water partition coefficient (Wildman–Crippen LogP) is 2.01. The molecule has 0 radical (unpaired) electrons. The molecule has 108 valence electrons. The van der Waals surface area contributed by atoms with Crippen LogP contribution in [-0.2, 0) is 4.79 Å². The fourth-order valence-electron chi connectivity index (χ4n) is 2.19. The zero-order valence-corrected chi connectivity index (χ0v) is 12.2. The molecule has 1 aliphatic rings. The number of hydrogen-bond acceptors (Lipinski definition) is 3. The second kappa shape index (κ2) is 7.24. The SMILES string of the molecule is NC(=S)c1ccccc1OCC(=O)NCCC1CCC1. The molecule has 3 N–H and O–H groups in total. The van der Waals surface area contributed by atoms with Gasteiger partial charge in [-0.3, -0.25) is 4.79 Å². The molecule has 1 aromatic carbocycles. The Morgan fingerprint density at radius 3 is 2.80 bits per heavy atom. The number of rotatable bonds is 7.